The zero-order valence-corrected chi connectivity index (χ0v) is 8.85. The van der Waals surface area contributed by atoms with E-state index in [4.69, 9.17) is 0 Å². The van der Waals surface area contributed by atoms with Gasteiger partial charge in [-0.15, -0.1) is 0 Å². The van der Waals surface area contributed by atoms with Crippen molar-refractivity contribution in [1.29, 1.82) is 0 Å². The van der Waals surface area contributed by atoms with E-state index in [0.29, 0.717) is 5.57 Å². The number of hydrogen-bond acceptors (Lipinski definition) is 1. The maximum Gasteiger partial charge on any atom is 0.250 e. The molecule has 1 rings (SSSR count). The Bertz CT molecular complexity index is 380. The molecule has 1 N–H and O–H groups in total. The van der Waals surface area contributed by atoms with Gasteiger partial charge in [-0.1, -0.05) is 18.7 Å². The highest BCUT2D eigenvalue weighted by Crippen LogP contribution is 2.16. The van der Waals surface area contributed by atoms with Gasteiger partial charge in [0.25, 0.3) is 5.91 Å². The second kappa shape index (κ2) is 4.09. The number of rotatable bonds is 2. The second-order valence-electron chi connectivity index (χ2n) is 3.55. The zero-order valence-electron chi connectivity index (χ0n) is 8.85. The molecule has 0 atom stereocenters. The molecule has 0 aliphatic heterocycles. The molecule has 0 unspecified atom stereocenters. The third-order valence-electron chi connectivity index (χ3n) is 2.03. The van der Waals surface area contributed by atoms with Crippen LogP contribution in [-0.4, -0.2) is 5.91 Å². The molecule has 1 aromatic rings. The number of carbonyl (C=O) groups is 1. The van der Waals surface area contributed by atoms with Gasteiger partial charge in [0.15, 0.2) is 0 Å². The van der Waals surface area contributed by atoms with Crippen LogP contribution in [0.5, 0.6) is 0 Å². The predicted octanol–water partition coefficient (Wildman–Crippen LogP) is 2.82. The van der Waals surface area contributed by atoms with Crippen molar-refractivity contribution in [3.8, 4) is 0 Å². The van der Waals surface area contributed by atoms with Gasteiger partial charge in [-0.3, -0.25) is 4.79 Å². The van der Waals surface area contributed by atoms with Crippen LogP contribution in [0, 0.1) is 13.8 Å². The van der Waals surface area contributed by atoms with E-state index in [1.54, 1.807) is 6.92 Å². The first-order valence-corrected chi connectivity index (χ1v) is 4.55. The van der Waals surface area contributed by atoms with Crippen LogP contribution in [0.2, 0.25) is 0 Å². The molecule has 0 spiro atoms. The van der Waals surface area contributed by atoms with Gasteiger partial charge in [0, 0.05) is 11.3 Å². The first kappa shape index (κ1) is 10.5. The molecule has 1 amide bonds. The minimum atomic E-state index is -0.126. The second-order valence-corrected chi connectivity index (χ2v) is 3.55. The van der Waals surface area contributed by atoms with Gasteiger partial charge in [0.2, 0.25) is 0 Å². The zero-order chi connectivity index (χ0) is 10.7. The van der Waals surface area contributed by atoms with Crippen LogP contribution in [0.4, 0.5) is 5.69 Å². The van der Waals surface area contributed by atoms with Crippen molar-refractivity contribution < 1.29 is 4.79 Å². The summed E-state index contributed by atoms with van der Waals surface area (Å²) in [5.74, 6) is -0.126. The summed E-state index contributed by atoms with van der Waals surface area (Å²) in [5, 5.41) is 2.81. The van der Waals surface area contributed by atoms with Crippen molar-refractivity contribution in [2.75, 3.05) is 5.32 Å². The Hall–Kier alpha value is -1.57. The lowest BCUT2D eigenvalue weighted by Crippen LogP contribution is -2.12. The maximum atomic E-state index is 11.4. The van der Waals surface area contributed by atoms with Gasteiger partial charge < -0.3 is 5.32 Å². The fourth-order valence-electron chi connectivity index (χ4n) is 1.10. The number of hydrogen-bond donors (Lipinski definition) is 1. The highest BCUT2D eigenvalue weighted by Gasteiger charge is 2.04. The van der Waals surface area contributed by atoms with Crippen LogP contribution in [0.25, 0.3) is 0 Å². The molecule has 0 aromatic heterocycles. The average molecular weight is 189 g/mol. The lowest BCUT2D eigenvalue weighted by Gasteiger charge is -2.08. The van der Waals surface area contributed by atoms with Crippen LogP contribution in [0.1, 0.15) is 18.1 Å². The molecule has 0 saturated heterocycles. The summed E-state index contributed by atoms with van der Waals surface area (Å²) in [6.07, 6.45) is 0. The first-order valence-electron chi connectivity index (χ1n) is 4.55. The van der Waals surface area contributed by atoms with Gasteiger partial charge in [-0.2, -0.15) is 0 Å². The highest BCUT2D eigenvalue weighted by atomic mass is 16.1. The normalized spacial score (nSPS) is 9.64. The van der Waals surface area contributed by atoms with Crippen LogP contribution in [0.3, 0.4) is 0 Å². The van der Waals surface area contributed by atoms with Crippen molar-refractivity contribution in [2.24, 2.45) is 0 Å². The van der Waals surface area contributed by atoms with E-state index in [1.165, 1.54) is 0 Å². The summed E-state index contributed by atoms with van der Waals surface area (Å²) < 4.78 is 0. The highest BCUT2D eigenvalue weighted by molar-refractivity contribution is 6.03. The molecule has 0 aliphatic carbocycles. The lowest BCUT2D eigenvalue weighted by atomic mass is 10.1. The molecular formula is C12H15NO. The Morgan fingerprint density at radius 2 is 2.00 bits per heavy atom. The number of anilines is 1. The molecule has 0 heterocycles. The summed E-state index contributed by atoms with van der Waals surface area (Å²) in [4.78, 5) is 11.4. The van der Waals surface area contributed by atoms with Crippen molar-refractivity contribution in [3.63, 3.8) is 0 Å². The van der Waals surface area contributed by atoms with Crippen molar-refractivity contribution in [3.05, 3.63) is 41.5 Å². The SMILES string of the molecule is C=C(C)C(=O)Nc1cc(C)ccc1C. The Balaban J connectivity index is 2.91. The van der Waals surface area contributed by atoms with Crippen molar-refractivity contribution in [1.82, 2.24) is 0 Å². The molecule has 1 aromatic carbocycles. The summed E-state index contributed by atoms with van der Waals surface area (Å²) in [6.45, 7) is 9.25. The predicted molar refractivity (Wildman–Crippen MR) is 59.4 cm³/mol. The Kier molecular flexibility index (Phi) is 3.07. The van der Waals surface area contributed by atoms with Gasteiger partial charge in [-0.05, 0) is 38.0 Å². The Morgan fingerprint density at radius 1 is 1.36 bits per heavy atom. The summed E-state index contributed by atoms with van der Waals surface area (Å²) in [6, 6.07) is 5.96. The molecule has 0 fully saturated rings. The standard InChI is InChI=1S/C12H15NO/c1-8(2)12(14)13-11-7-9(3)5-6-10(11)4/h5-7H,1H2,2-4H3,(H,13,14). The van der Waals surface area contributed by atoms with E-state index in [-0.39, 0.29) is 5.91 Å². The Morgan fingerprint density at radius 3 is 2.57 bits per heavy atom. The molecule has 74 valence electrons. The van der Waals surface area contributed by atoms with E-state index in [2.05, 4.69) is 11.9 Å². The van der Waals surface area contributed by atoms with Gasteiger partial charge in [0.05, 0.1) is 0 Å². The number of nitrogens with one attached hydrogen (secondary N) is 1. The summed E-state index contributed by atoms with van der Waals surface area (Å²) >= 11 is 0. The number of aryl methyl sites for hydroxylation is 2. The van der Waals surface area contributed by atoms with E-state index in [0.717, 1.165) is 16.8 Å². The molecule has 2 heteroatoms. The van der Waals surface area contributed by atoms with Gasteiger partial charge in [0.1, 0.15) is 0 Å². The fourth-order valence-corrected chi connectivity index (χ4v) is 1.10. The number of carbonyl (C=O) groups excluding carboxylic acids is 1. The average Bonchev–Trinajstić information content (AvgIpc) is 2.11. The molecule has 14 heavy (non-hydrogen) atoms. The van der Waals surface area contributed by atoms with Crippen LogP contribution in [0.15, 0.2) is 30.4 Å². The van der Waals surface area contributed by atoms with Gasteiger partial charge >= 0.3 is 0 Å². The van der Waals surface area contributed by atoms with E-state index in [1.807, 2.05) is 32.0 Å². The first-order chi connectivity index (χ1) is 6.50. The lowest BCUT2D eigenvalue weighted by molar-refractivity contribution is -0.112. The minimum Gasteiger partial charge on any atom is -0.322 e. The number of amides is 1. The van der Waals surface area contributed by atoms with Crippen LogP contribution >= 0.6 is 0 Å². The quantitative estimate of drug-likeness (QED) is 0.712. The topological polar surface area (TPSA) is 29.1 Å². The number of benzene rings is 1. The maximum absolute atomic E-state index is 11.4. The molecular weight excluding hydrogens is 174 g/mol. The van der Waals surface area contributed by atoms with E-state index in [9.17, 15) is 4.79 Å². The van der Waals surface area contributed by atoms with Crippen LogP contribution in [-0.2, 0) is 4.79 Å². The van der Waals surface area contributed by atoms with E-state index < -0.39 is 0 Å². The molecule has 2 nitrogen and oxygen atoms in total. The third kappa shape index (κ3) is 2.46. The van der Waals surface area contributed by atoms with Crippen molar-refractivity contribution in [2.45, 2.75) is 20.8 Å². The molecule has 0 radical (unpaired) electrons. The fraction of sp³-hybridized carbons (Fsp3) is 0.250. The third-order valence-corrected chi connectivity index (χ3v) is 2.03. The van der Waals surface area contributed by atoms with E-state index >= 15 is 0 Å². The smallest absolute Gasteiger partial charge is 0.250 e. The summed E-state index contributed by atoms with van der Waals surface area (Å²) in [7, 11) is 0. The molecule has 0 saturated carbocycles. The molecule has 0 aliphatic rings. The summed E-state index contributed by atoms with van der Waals surface area (Å²) in [5.41, 5.74) is 3.57. The Labute approximate surface area is 84.6 Å². The van der Waals surface area contributed by atoms with Gasteiger partial charge in [-0.25, -0.2) is 0 Å². The molecule has 0 bridgehead atoms. The largest absolute Gasteiger partial charge is 0.322 e. The minimum absolute atomic E-state index is 0.126. The monoisotopic (exact) mass is 189 g/mol. The van der Waals surface area contributed by atoms with Crippen molar-refractivity contribution >= 4 is 11.6 Å². The van der Waals surface area contributed by atoms with Crippen LogP contribution < -0.4 is 5.32 Å².